The summed E-state index contributed by atoms with van der Waals surface area (Å²) in [5, 5.41) is 0. The molecular weight excluding hydrogens is 454 g/mol. The summed E-state index contributed by atoms with van der Waals surface area (Å²) in [7, 11) is 0. The molecule has 1 aliphatic rings. The van der Waals surface area contributed by atoms with Crippen molar-refractivity contribution in [3.8, 4) is 21.6 Å². The second-order valence-electron chi connectivity index (χ2n) is 9.41. The van der Waals surface area contributed by atoms with E-state index in [0.717, 1.165) is 76.1 Å². The molecule has 0 saturated carbocycles. The predicted octanol–water partition coefficient (Wildman–Crippen LogP) is 6.63. The zero-order valence-corrected chi connectivity index (χ0v) is 21.6. The molecule has 2 atom stereocenters. The molecule has 1 saturated heterocycles. The van der Waals surface area contributed by atoms with Gasteiger partial charge in [-0.3, -0.25) is 9.69 Å². The Bertz CT molecular complexity index is 1190. The van der Waals surface area contributed by atoms with Gasteiger partial charge in [-0.25, -0.2) is 0 Å². The maximum absolute atomic E-state index is 12.9. The Morgan fingerprint density at radius 2 is 1.54 bits per heavy atom. The van der Waals surface area contributed by atoms with Crippen molar-refractivity contribution in [3.63, 3.8) is 0 Å². The van der Waals surface area contributed by atoms with Gasteiger partial charge in [-0.2, -0.15) is 0 Å². The van der Waals surface area contributed by atoms with Crippen molar-refractivity contribution in [2.45, 2.75) is 58.4 Å². The normalized spacial score (nSPS) is 16.0. The summed E-state index contributed by atoms with van der Waals surface area (Å²) in [6, 6.07) is 15.8. The highest BCUT2D eigenvalue weighted by Crippen LogP contribution is 2.43. The number of thiophene rings is 1. The number of Topliss-reactive ketones (excluding diaryl/α,β-unsaturated/α-hetero) is 1. The number of likely N-dealkylation sites (tertiary alicyclic amines) is 1. The number of nitrogens with zero attached hydrogens (tertiary/aromatic N) is 1. The number of hydrogen-bond donors (Lipinski definition) is 0. The molecule has 182 valence electrons. The van der Waals surface area contributed by atoms with Crippen LogP contribution in [0.4, 0.5) is 0 Å². The highest BCUT2D eigenvalue weighted by Gasteiger charge is 2.29. The molecule has 2 heterocycles. The van der Waals surface area contributed by atoms with Crippen LogP contribution in [-0.2, 0) is 9.59 Å². The van der Waals surface area contributed by atoms with E-state index in [9.17, 15) is 14.4 Å². The molecule has 4 nitrogen and oxygen atoms in total. The number of hydrogen-bond acceptors (Lipinski definition) is 5. The van der Waals surface area contributed by atoms with Gasteiger partial charge in [-0.1, -0.05) is 67.4 Å². The third kappa shape index (κ3) is 5.21. The Morgan fingerprint density at radius 3 is 2.11 bits per heavy atom. The maximum Gasteiger partial charge on any atom is 0.173 e. The van der Waals surface area contributed by atoms with Gasteiger partial charge in [0.05, 0.1) is 16.8 Å². The van der Waals surface area contributed by atoms with Crippen LogP contribution in [0, 0.1) is 13.8 Å². The van der Waals surface area contributed by atoms with Crippen molar-refractivity contribution in [1.82, 2.24) is 4.90 Å². The van der Waals surface area contributed by atoms with E-state index in [1.165, 1.54) is 12.0 Å². The first-order valence-corrected chi connectivity index (χ1v) is 13.3. The first-order valence-electron chi connectivity index (χ1n) is 12.5. The Kier molecular flexibility index (Phi) is 8.09. The lowest BCUT2D eigenvalue weighted by molar-refractivity contribution is -0.118. The number of carbonyl (C=O) groups is 3. The Hall–Kier alpha value is -2.89. The first-order chi connectivity index (χ1) is 17.0. The molecule has 5 heteroatoms. The van der Waals surface area contributed by atoms with E-state index in [-0.39, 0.29) is 5.78 Å². The van der Waals surface area contributed by atoms with Gasteiger partial charge >= 0.3 is 0 Å². The summed E-state index contributed by atoms with van der Waals surface area (Å²) < 4.78 is 0. The minimum absolute atomic E-state index is 0.132. The van der Waals surface area contributed by atoms with Gasteiger partial charge in [0.1, 0.15) is 12.6 Å². The molecule has 0 N–H and O–H groups in total. The minimum Gasteiger partial charge on any atom is -0.303 e. The van der Waals surface area contributed by atoms with Crippen LogP contribution in [0.25, 0.3) is 21.6 Å². The summed E-state index contributed by atoms with van der Waals surface area (Å²) in [6.45, 7) is 7.74. The smallest absolute Gasteiger partial charge is 0.173 e. The number of carbonyl (C=O) groups excluding carboxylic acids is 3. The molecule has 3 aromatic rings. The number of aldehydes is 2. The number of aryl methyl sites for hydroxylation is 1. The van der Waals surface area contributed by atoms with Gasteiger partial charge in [-0.15, -0.1) is 11.3 Å². The van der Waals surface area contributed by atoms with Crippen LogP contribution in [0.1, 0.15) is 64.9 Å². The first kappa shape index (κ1) is 25.2. The molecule has 35 heavy (non-hydrogen) atoms. The van der Waals surface area contributed by atoms with Crippen molar-refractivity contribution in [2.75, 3.05) is 13.1 Å². The van der Waals surface area contributed by atoms with Crippen molar-refractivity contribution >= 4 is 29.7 Å². The minimum atomic E-state index is -0.497. The molecule has 0 aliphatic carbocycles. The van der Waals surface area contributed by atoms with Crippen LogP contribution in [0.5, 0.6) is 0 Å². The molecule has 1 aromatic heterocycles. The van der Waals surface area contributed by atoms with Crippen LogP contribution >= 0.6 is 11.3 Å². The van der Waals surface area contributed by atoms with E-state index >= 15 is 0 Å². The highest BCUT2D eigenvalue weighted by atomic mass is 32.1. The third-order valence-electron chi connectivity index (χ3n) is 7.09. The van der Waals surface area contributed by atoms with Crippen molar-refractivity contribution in [3.05, 3.63) is 70.1 Å². The van der Waals surface area contributed by atoms with Gasteiger partial charge in [0.25, 0.3) is 0 Å². The Morgan fingerprint density at radius 1 is 0.914 bits per heavy atom. The second-order valence-corrected chi connectivity index (χ2v) is 10.4. The number of piperidine rings is 1. The Labute approximate surface area is 212 Å². The summed E-state index contributed by atoms with van der Waals surface area (Å²) in [5.41, 5.74) is 6.17. The molecule has 4 rings (SSSR count). The lowest BCUT2D eigenvalue weighted by Gasteiger charge is -2.34. The summed E-state index contributed by atoms with van der Waals surface area (Å²) in [5.74, 6) is -0.365. The fourth-order valence-electron chi connectivity index (χ4n) is 5.04. The molecule has 0 radical (unpaired) electrons. The molecule has 0 spiro atoms. The fourth-order valence-corrected chi connectivity index (χ4v) is 6.39. The second kappa shape index (κ2) is 11.2. The average molecular weight is 488 g/mol. The largest absolute Gasteiger partial charge is 0.303 e. The van der Waals surface area contributed by atoms with E-state index in [0.29, 0.717) is 6.42 Å². The van der Waals surface area contributed by atoms with Crippen LogP contribution in [0.15, 0.2) is 48.5 Å². The molecule has 0 amide bonds. The molecule has 1 fully saturated rings. The van der Waals surface area contributed by atoms with Crippen LogP contribution in [0.3, 0.4) is 0 Å². The van der Waals surface area contributed by atoms with Gasteiger partial charge in [0, 0.05) is 16.9 Å². The standard InChI is InChI=1S/C30H33NO3S/c1-4-27(34)30-28(21(3)29(35-30)24-10-8-20(2)9-11-24)23-14-12-22(13-15-23)25(18-32)26(19-33)31-16-6-5-7-17-31/h8-15,18-19,25-26H,4-7,16-17H2,1-3H3. The van der Waals surface area contributed by atoms with Crippen molar-refractivity contribution in [2.24, 2.45) is 0 Å². The zero-order chi connectivity index (χ0) is 24.9. The van der Waals surface area contributed by atoms with E-state index < -0.39 is 12.0 Å². The van der Waals surface area contributed by atoms with Crippen LogP contribution < -0.4 is 0 Å². The monoisotopic (exact) mass is 487 g/mol. The molecular formula is C30H33NO3S. The topological polar surface area (TPSA) is 54.5 Å². The van der Waals surface area contributed by atoms with Crippen LogP contribution in [-0.4, -0.2) is 42.4 Å². The molecule has 1 aliphatic heterocycles. The van der Waals surface area contributed by atoms with Crippen LogP contribution in [0.2, 0.25) is 0 Å². The highest BCUT2D eigenvalue weighted by molar-refractivity contribution is 7.18. The predicted molar refractivity (Wildman–Crippen MR) is 143 cm³/mol. The molecule has 2 aromatic carbocycles. The van der Waals surface area contributed by atoms with Gasteiger partial charge < -0.3 is 9.59 Å². The van der Waals surface area contributed by atoms with Gasteiger partial charge in [0.2, 0.25) is 0 Å². The van der Waals surface area contributed by atoms with Gasteiger partial charge in [0.15, 0.2) is 5.78 Å². The average Bonchev–Trinajstić information content (AvgIpc) is 3.24. The SMILES string of the molecule is CCC(=O)c1sc(-c2ccc(C)cc2)c(C)c1-c1ccc(C(C=O)C(C=O)N2CCCCC2)cc1. The zero-order valence-electron chi connectivity index (χ0n) is 20.8. The molecule has 2 unspecified atom stereocenters. The third-order valence-corrected chi connectivity index (χ3v) is 8.47. The number of ketones is 1. The van der Waals surface area contributed by atoms with E-state index in [1.807, 2.05) is 31.2 Å². The van der Waals surface area contributed by atoms with Crippen molar-refractivity contribution < 1.29 is 14.4 Å². The van der Waals surface area contributed by atoms with E-state index in [2.05, 4.69) is 43.0 Å². The number of benzene rings is 2. The quantitative estimate of drug-likeness (QED) is 0.251. The lowest BCUT2D eigenvalue weighted by Crippen LogP contribution is -2.44. The molecule has 0 bridgehead atoms. The van der Waals surface area contributed by atoms with Gasteiger partial charge in [-0.05, 0) is 62.0 Å². The Balaban J connectivity index is 1.71. The fraction of sp³-hybridized carbons (Fsp3) is 0.367. The summed E-state index contributed by atoms with van der Waals surface area (Å²) in [4.78, 5) is 41.0. The maximum atomic E-state index is 12.9. The lowest BCUT2D eigenvalue weighted by atomic mass is 9.89. The number of rotatable bonds is 9. The van der Waals surface area contributed by atoms with E-state index in [4.69, 9.17) is 0 Å². The van der Waals surface area contributed by atoms with E-state index in [1.54, 1.807) is 11.3 Å². The summed E-state index contributed by atoms with van der Waals surface area (Å²) >= 11 is 1.56. The summed E-state index contributed by atoms with van der Waals surface area (Å²) in [6.07, 6.45) is 5.56. The van der Waals surface area contributed by atoms with Crippen molar-refractivity contribution in [1.29, 1.82) is 0 Å².